The SMILES string of the molecule is Cc1ccnn1-c1ccc(C(=O)OCC(=O)N2CCCC[C@H]2C)cc1. The van der Waals surface area contributed by atoms with Crippen LogP contribution in [0.2, 0.25) is 0 Å². The lowest BCUT2D eigenvalue weighted by atomic mass is 10.0. The van der Waals surface area contributed by atoms with Gasteiger partial charge >= 0.3 is 5.97 Å². The third-order valence-corrected chi connectivity index (χ3v) is 4.63. The molecule has 1 aromatic heterocycles. The quantitative estimate of drug-likeness (QED) is 0.802. The number of ether oxygens (including phenoxy) is 1. The number of carbonyl (C=O) groups is 2. The van der Waals surface area contributed by atoms with Crippen LogP contribution in [-0.2, 0) is 9.53 Å². The summed E-state index contributed by atoms with van der Waals surface area (Å²) in [5.74, 6) is -0.605. The highest BCUT2D eigenvalue weighted by Gasteiger charge is 2.24. The summed E-state index contributed by atoms with van der Waals surface area (Å²) in [6, 6.07) is 9.13. The van der Waals surface area contributed by atoms with Gasteiger partial charge in [-0.25, -0.2) is 9.48 Å². The van der Waals surface area contributed by atoms with Crippen molar-refractivity contribution in [3.8, 4) is 5.69 Å². The zero-order valence-electron chi connectivity index (χ0n) is 14.6. The van der Waals surface area contributed by atoms with Crippen molar-refractivity contribution in [3.05, 3.63) is 47.8 Å². The van der Waals surface area contributed by atoms with Crippen LogP contribution < -0.4 is 0 Å². The van der Waals surface area contributed by atoms with Crippen LogP contribution in [0.3, 0.4) is 0 Å². The van der Waals surface area contributed by atoms with Gasteiger partial charge in [0.1, 0.15) is 0 Å². The summed E-state index contributed by atoms with van der Waals surface area (Å²) in [5.41, 5.74) is 2.31. The molecular formula is C19H23N3O3. The molecule has 1 aliphatic rings. The van der Waals surface area contributed by atoms with Gasteiger partial charge in [0.15, 0.2) is 6.61 Å². The summed E-state index contributed by atoms with van der Waals surface area (Å²) < 4.78 is 6.98. The fourth-order valence-electron chi connectivity index (χ4n) is 3.14. The predicted molar refractivity (Wildman–Crippen MR) is 93.6 cm³/mol. The van der Waals surface area contributed by atoms with E-state index in [0.29, 0.717) is 5.56 Å². The van der Waals surface area contributed by atoms with Gasteiger partial charge in [0.2, 0.25) is 0 Å². The van der Waals surface area contributed by atoms with E-state index in [2.05, 4.69) is 5.10 Å². The predicted octanol–water partition coefficient (Wildman–Crippen LogP) is 2.74. The Morgan fingerprint density at radius 3 is 2.60 bits per heavy atom. The molecule has 0 radical (unpaired) electrons. The van der Waals surface area contributed by atoms with Gasteiger partial charge in [-0.15, -0.1) is 0 Å². The number of benzene rings is 1. The third kappa shape index (κ3) is 3.90. The summed E-state index contributed by atoms with van der Waals surface area (Å²) in [6.07, 6.45) is 4.89. The molecule has 0 saturated carbocycles. The summed E-state index contributed by atoms with van der Waals surface area (Å²) in [6.45, 7) is 4.54. The lowest BCUT2D eigenvalue weighted by molar-refractivity contribution is -0.137. The third-order valence-electron chi connectivity index (χ3n) is 4.63. The average Bonchev–Trinajstić information content (AvgIpc) is 3.06. The summed E-state index contributed by atoms with van der Waals surface area (Å²) in [7, 11) is 0. The first kappa shape index (κ1) is 17.2. The molecule has 1 atom stereocenters. The molecular weight excluding hydrogens is 318 g/mol. The normalized spacial score (nSPS) is 17.4. The van der Waals surface area contributed by atoms with Crippen molar-refractivity contribution in [2.24, 2.45) is 0 Å². The Hall–Kier alpha value is -2.63. The Labute approximate surface area is 147 Å². The molecule has 1 saturated heterocycles. The number of aromatic nitrogens is 2. The first-order valence-electron chi connectivity index (χ1n) is 8.64. The number of amides is 1. The van der Waals surface area contributed by atoms with Crippen LogP contribution in [-0.4, -0.2) is 45.8 Å². The number of likely N-dealkylation sites (tertiary alicyclic amines) is 1. The van der Waals surface area contributed by atoms with Gasteiger partial charge in [-0.2, -0.15) is 5.10 Å². The molecule has 2 aromatic rings. The van der Waals surface area contributed by atoms with Crippen LogP contribution in [0.1, 0.15) is 42.2 Å². The maximum absolute atomic E-state index is 12.2. The summed E-state index contributed by atoms with van der Waals surface area (Å²) in [4.78, 5) is 26.2. The average molecular weight is 341 g/mol. The standard InChI is InChI=1S/C19H23N3O3/c1-14-5-3-4-12-21(14)18(23)13-25-19(24)16-6-8-17(9-7-16)22-15(2)10-11-20-22/h6-11,14H,3-5,12-13H2,1-2H3/t14-/m1/s1. The van der Waals surface area contributed by atoms with Crippen molar-refractivity contribution < 1.29 is 14.3 Å². The highest BCUT2D eigenvalue weighted by atomic mass is 16.5. The Morgan fingerprint density at radius 2 is 1.96 bits per heavy atom. The number of carbonyl (C=O) groups excluding carboxylic acids is 2. The van der Waals surface area contributed by atoms with Crippen LogP contribution in [0.15, 0.2) is 36.5 Å². The van der Waals surface area contributed by atoms with E-state index in [4.69, 9.17) is 4.74 Å². The first-order valence-corrected chi connectivity index (χ1v) is 8.64. The number of rotatable bonds is 4. The van der Waals surface area contributed by atoms with E-state index in [1.807, 2.05) is 32.0 Å². The molecule has 0 N–H and O–H groups in total. The van der Waals surface area contributed by atoms with Crippen LogP contribution in [0.25, 0.3) is 5.69 Å². The van der Waals surface area contributed by atoms with Crippen LogP contribution in [0.4, 0.5) is 0 Å². The highest BCUT2D eigenvalue weighted by Crippen LogP contribution is 2.17. The minimum Gasteiger partial charge on any atom is -0.452 e. The largest absolute Gasteiger partial charge is 0.452 e. The smallest absolute Gasteiger partial charge is 0.338 e. The summed E-state index contributed by atoms with van der Waals surface area (Å²) >= 11 is 0. The van der Waals surface area contributed by atoms with Crippen LogP contribution in [0, 0.1) is 6.92 Å². The maximum atomic E-state index is 12.2. The minimum atomic E-state index is -0.484. The van der Waals surface area contributed by atoms with Crippen LogP contribution >= 0.6 is 0 Å². The molecule has 0 aliphatic carbocycles. The number of nitrogens with zero attached hydrogens (tertiary/aromatic N) is 3. The van der Waals surface area contributed by atoms with E-state index in [0.717, 1.165) is 37.2 Å². The molecule has 0 bridgehead atoms. The molecule has 1 aliphatic heterocycles. The number of hydrogen-bond donors (Lipinski definition) is 0. The molecule has 6 heteroatoms. The van der Waals surface area contributed by atoms with E-state index in [-0.39, 0.29) is 18.6 Å². The van der Waals surface area contributed by atoms with E-state index in [1.165, 1.54) is 0 Å². The Kier molecular flexibility index (Phi) is 5.16. The molecule has 1 amide bonds. The van der Waals surface area contributed by atoms with Gasteiger partial charge < -0.3 is 9.64 Å². The number of esters is 1. The highest BCUT2D eigenvalue weighted by molar-refractivity contribution is 5.91. The number of hydrogen-bond acceptors (Lipinski definition) is 4. The van der Waals surface area contributed by atoms with Crippen molar-refractivity contribution in [1.82, 2.24) is 14.7 Å². The molecule has 0 unspecified atom stereocenters. The Morgan fingerprint density at radius 1 is 1.20 bits per heavy atom. The van der Waals surface area contributed by atoms with E-state index < -0.39 is 5.97 Å². The topological polar surface area (TPSA) is 64.4 Å². The van der Waals surface area contributed by atoms with Crippen molar-refractivity contribution >= 4 is 11.9 Å². The fraction of sp³-hybridized carbons (Fsp3) is 0.421. The lowest BCUT2D eigenvalue weighted by Gasteiger charge is -2.33. The minimum absolute atomic E-state index is 0.121. The molecule has 132 valence electrons. The van der Waals surface area contributed by atoms with Crippen molar-refractivity contribution in [1.29, 1.82) is 0 Å². The number of piperidine rings is 1. The van der Waals surface area contributed by atoms with Gasteiger partial charge in [0, 0.05) is 24.5 Å². The molecule has 1 aromatic carbocycles. The van der Waals surface area contributed by atoms with Crippen molar-refractivity contribution in [2.45, 2.75) is 39.2 Å². The second-order valence-electron chi connectivity index (χ2n) is 6.44. The fourth-order valence-corrected chi connectivity index (χ4v) is 3.14. The molecule has 3 rings (SSSR count). The van der Waals surface area contributed by atoms with Crippen LogP contribution in [0.5, 0.6) is 0 Å². The van der Waals surface area contributed by atoms with Gasteiger partial charge in [-0.05, 0) is 63.4 Å². The monoisotopic (exact) mass is 341 g/mol. The van der Waals surface area contributed by atoms with Crippen molar-refractivity contribution in [3.63, 3.8) is 0 Å². The second kappa shape index (κ2) is 7.51. The first-order chi connectivity index (χ1) is 12.1. The van der Waals surface area contributed by atoms with E-state index in [1.54, 1.807) is 27.9 Å². The molecule has 25 heavy (non-hydrogen) atoms. The van der Waals surface area contributed by atoms with Gasteiger partial charge in [0.05, 0.1) is 11.3 Å². The summed E-state index contributed by atoms with van der Waals surface area (Å²) in [5, 5.41) is 4.23. The number of aryl methyl sites for hydroxylation is 1. The zero-order valence-corrected chi connectivity index (χ0v) is 14.6. The van der Waals surface area contributed by atoms with Gasteiger partial charge in [0.25, 0.3) is 5.91 Å². The maximum Gasteiger partial charge on any atom is 0.338 e. The van der Waals surface area contributed by atoms with Crippen molar-refractivity contribution in [2.75, 3.05) is 13.2 Å². The zero-order chi connectivity index (χ0) is 17.8. The molecule has 1 fully saturated rings. The molecule has 6 nitrogen and oxygen atoms in total. The second-order valence-corrected chi connectivity index (χ2v) is 6.44. The molecule has 2 heterocycles. The lowest BCUT2D eigenvalue weighted by Crippen LogP contribution is -2.44. The van der Waals surface area contributed by atoms with Gasteiger partial charge in [-0.1, -0.05) is 0 Å². The Balaban J connectivity index is 1.58. The van der Waals surface area contributed by atoms with E-state index >= 15 is 0 Å². The van der Waals surface area contributed by atoms with E-state index in [9.17, 15) is 9.59 Å². The Bertz CT molecular complexity index is 752. The van der Waals surface area contributed by atoms with Gasteiger partial charge in [-0.3, -0.25) is 4.79 Å². The molecule has 0 spiro atoms.